The molecule has 0 bridgehead atoms. The summed E-state index contributed by atoms with van der Waals surface area (Å²) in [6, 6.07) is 22.9. The summed E-state index contributed by atoms with van der Waals surface area (Å²) in [5, 5.41) is 0. The van der Waals surface area contributed by atoms with Crippen molar-refractivity contribution >= 4 is 11.0 Å². The molecule has 28 heavy (non-hydrogen) atoms. The number of aromatic nitrogens is 2. The highest BCUT2D eigenvalue weighted by atomic mass is 16.5. The van der Waals surface area contributed by atoms with Gasteiger partial charge in [0.05, 0.1) is 18.1 Å². The van der Waals surface area contributed by atoms with Crippen molar-refractivity contribution in [2.45, 2.75) is 26.0 Å². The maximum absolute atomic E-state index is 6.29. The molecule has 0 aliphatic carbocycles. The normalized spacial score (nSPS) is 15.1. The largest absolute Gasteiger partial charge is 0.493 e. The first-order chi connectivity index (χ1) is 13.8. The lowest BCUT2D eigenvalue weighted by atomic mass is 9.94. The molecular formula is C24H22N2O2. The molecule has 1 unspecified atom stereocenters. The zero-order valence-electron chi connectivity index (χ0n) is 16.1. The fraction of sp³-hybridized carbons (Fsp3) is 0.208. The minimum atomic E-state index is 0.293. The Morgan fingerprint density at radius 3 is 2.61 bits per heavy atom. The molecule has 5 rings (SSSR count). The average Bonchev–Trinajstić information content (AvgIpc) is 3.13. The third kappa shape index (κ3) is 2.64. The van der Waals surface area contributed by atoms with E-state index >= 15 is 0 Å². The fourth-order valence-corrected chi connectivity index (χ4v) is 4.13. The van der Waals surface area contributed by atoms with Crippen molar-refractivity contribution in [2.75, 3.05) is 7.11 Å². The Labute approximate surface area is 164 Å². The van der Waals surface area contributed by atoms with Crippen LogP contribution in [-0.4, -0.2) is 16.7 Å². The quantitative estimate of drug-likeness (QED) is 0.482. The molecule has 0 fully saturated rings. The summed E-state index contributed by atoms with van der Waals surface area (Å²) < 4.78 is 14.3. The lowest BCUT2D eigenvalue weighted by Crippen LogP contribution is -2.17. The van der Waals surface area contributed by atoms with Gasteiger partial charge >= 0.3 is 0 Å². The van der Waals surface area contributed by atoms with E-state index in [9.17, 15) is 0 Å². The van der Waals surface area contributed by atoms with E-state index in [1.54, 1.807) is 7.11 Å². The molecule has 1 aliphatic rings. The third-order valence-corrected chi connectivity index (χ3v) is 5.45. The van der Waals surface area contributed by atoms with Crippen LogP contribution >= 0.6 is 0 Å². The molecule has 4 nitrogen and oxygen atoms in total. The van der Waals surface area contributed by atoms with Crippen molar-refractivity contribution in [3.8, 4) is 22.9 Å². The molecule has 4 aromatic rings. The van der Waals surface area contributed by atoms with Crippen LogP contribution < -0.4 is 9.47 Å². The molecule has 0 saturated heterocycles. The van der Waals surface area contributed by atoms with Crippen molar-refractivity contribution < 1.29 is 9.47 Å². The van der Waals surface area contributed by atoms with Crippen LogP contribution in [-0.2, 0) is 13.0 Å². The number of hydrogen-bond acceptors (Lipinski definition) is 3. The molecular weight excluding hydrogens is 348 g/mol. The van der Waals surface area contributed by atoms with Gasteiger partial charge in [0.1, 0.15) is 12.4 Å². The van der Waals surface area contributed by atoms with Gasteiger partial charge in [-0.15, -0.1) is 0 Å². The summed E-state index contributed by atoms with van der Waals surface area (Å²) in [5.41, 5.74) is 5.64. The second-order valence-electron chi connectivity index (χ2n) is 7.24. The number of ether oxygens (including phenoxy) is 2. The van der Waals surface area contributed by atoms with Gasteiger partial charge in [-0.25, -0.2) is 4.98 Å². The molecule has 2 heterocycles. The van der Waals surface area contributed by atoms with E-state index in [2.05, 4.69) is 47.9 Å². The summed E-state index contributed by atoms with van der Waals surface area (Å²) in [6.07, 6.45) is 0.879. The SMILES string of the molecule is COc1ccc2c(c1OCc1ccccc1)CC(C)n1c-2nc2ccccc21. The maximum atomic E-state index is 6.29. The monoisotopic (exact) mass is 370 g/mol. The maximum Gasteiger partial charge on any atom is 0.165 e. The second-order valence-corrected chi connectivity index (χ2v) is 7.24. The highest BCUT2D eigenvalue weighted by Gasteiger charge is 2.29. The van der Waals surface area contributed by atoms with E-state index in [4.69, 9.17) is 14.5 Å². The van der Waals surface area contributed by atoms with E-state index in [-0.39, 0.29) is 0 Å². The Morgan fingerprint density at radius 1 is 1.00 bits per heavy atom. The van der Waals surface area contributed by atoms with E-state index < -0.39 is 0 Å². The Kier molecular flexibility index (Phi) is 4.05. The number of fused-ring (bicyclic) bond motifs is 5. The van der Waals surface area contributed by atoms with E-state index in [0.717, 1.165) is 40.4 Å². The number of nitrogens with zero attached hydrogens (tertiary/aromatic N) is 2. The minimum absolute atomic E-state index is 0.293. The molecule has 1 aromatic heterocycles. The predicted octanol–water partition coefficient (Wildman–Crippen LogP) is 5.41. The molecule has 0 N–H and O–H groups in total. The Bertz CT molecular complexity index is 1150. The van der Waals surface area contributed by atoms with Gasteiger partial charge in [-0.1, -0.05) is 42.5 Å². The Balaban J connectivity index is 1.63. The molecule has 0 spiro atoms. The number of benzene rings is 3. The van der Waals surface area contributed by atoms with Gasteiger partial charge in [-0.3, -0.25) is 0 Å². The van der Waals surface area contributed by atoms with Crippen LogP contribution in [0.2, 0.25) is 0 Å². The van der Waals surface area contributed by atoms with Gasteiger partial charge < -0.3 is 14.0 Å². The summed E-state index contributed by atoms with van der Waals surface area (Å²) >= 11 is 0. The molecule has 1 atom stereocenters. The van der Waals surface area contributed by atoms with Gasteiger partial charge in [-0.2, -0.15) is 0 Å². The zero-order valence-corrected chi connectivity index (χ0v) is 16.1. The first-order valence-corrected chi connectivity index (χ1v) is 9.60. The van der Waals surface area contributed by atoms with Crippen LogP contribution in [0.5, 0.6) is 11.5 Å². The Hall–Kier alpha value is -3.27. The lowest BCUT2D eigenvalue weighted by molar-refractivity contribution is 0.280. The smallest absolute Gasteiger partial charge is 0.165 e. The highest BCUT2D eigenvalue weighted by molar-refractivity contribution is 5.83. The summed E-state index contributed by atoms with van der Waals surface area (Å²) in [4.78, 5) is 4.93. The van der Waals surface area contributed by atoms with Crippen LogP contribution in [0.25, 0.3) is 22.4 Å². The topological polar surface area (TPSA) is 36.3 Å². The van der Waals surface area contributed by atoms with Crippen LogP contribution in [0, 0.1) is 0 Å². The number of imidazole rings is 1. The minimum Gasteiger partial charge on any atom is -0.493 e. The number of rotatable bonds is 4. The van der Waals surface area contributed by atoms with Crippen molar-refractivity contribution in [2.24, 2.45) is 0 Å². The molecule has 0 amide bonds. The van der Waals surface area contributed by atoms with Crippen LogP contribution in [0.1, 0.15) is 24.1 Å². The van der Waals surface area contributed by atoms with Gasteiger partial charge in [0.15, 0.2) is 11.5 Å². The standard InChI is InChI=1S/C24H22N2O2/c1-16-14-19-18(24-25-20-10-6-7-11-21(20)26(16)24)12-13-22(27-2)23(19)28-15-17-8-4-3-5-9-17/h3-13,16H,14-15H2,1-2H3. The lowest BCUT2D eigenvalue weighted by Gasteiger charge is -2.27. The number of hydrogen-bond donors (Lipinski definition) is 0. The van der Waals surface area contributed by atoms with Crippen LogP contribution in [0.4, 0.5) is 0 Å². The first-order valence-electron chi connectivity index (χ1n) is 9.60. The fourth-order valence-electron chi connectivity index (χ4n) is 4.13. The first kappa shape index (κ1) is 16.9. The second kappa shape index (κ2) is 6.71. The van der Waals surface area contributed by atoms with Gasteiger partial charge in [0.2, 0.25) is 0 Å². The van der Waals surface area contributed by atoms with E-state index in [0.29, 0.717) is 12.6 Å². The van der Waals surface area contributed by atoms with Crippen molar-refractivity contribution in [1.29, 1.82) is 0 Å². The number of para-hydroxylation sites is 2. The van der Waals surface area contributed by atoms with Crippen molar-refractivity contribution in [3.63, 3.8) is 0 Å². The van der Waals surface area contributed by atoms with Crippen molar-refractivity contribution in [1.82, 2.24) is 9.55 Å². The summed E-state index contributed by atoms with van der Waals surface area (Å²) in [5.74, 6) is 2.60. The molecule has 0 radical (unpaired) electrons. The molecule has 3 aromatic carbocycles. The third-order valence-electron chi connectivity index (χ3n) is 5.45. The molecule has 140 valence electrons. The zero-order chi connectivity index (χ0) is 19.1. The van der Waals surface area contributed by atoms with Crippen LogP contribution in [0.3, 0.4) is 0 Å². The Morgan fingerprint density at radius 2 is 1.79 bits per heavy atom. The molecule has 0 saturated carbocycles. The van der Waals surface area contributed by atoms with E-state index in [1.165, 1.54) is 11.1 Å². The molecule has 1 aliphatic heterocycles. The average molecular weight is 370 g/mol. The van der Waals surface area contributed by atoms with Gasteiger partial charge in [0.25, 0.3) is 0 Å². The number of methoxy groups -OCH3 is 1. The van der Waals surface area contributed by atoms with Gasteiger partial charge in [-0.05, 0) is 43.2 Å². The van der Waals surface area contributed by atoms with E-state index in [1.807, 2.05) is 30.3 Å². The summed E-state index contributed by atoms with van der Waals surface area (Å²) in [6.45, 7) is 2.75. The summed E-state index contributed by atoms with van der Waals surface area (Å²) in [7, 11) is 1.69. The highest BCUT2D eigenvalue weighted by Crippen LogP contribution is 2.45. The van der Waals surface area contributed by atoms with Crippen molar-refractivity contribution in [3.05, 3.63) is 77.9 Å². The predicted molar refractivity (Wildman–Crippen MR) is 111 cm³/mol. The van der Waals surface area contributed by atoms with Gasteiger partial charge in [0, 0.05) is 17.2 Å². The molecule has 4 heteroatoms. The van der Waals surface area contributed by atoms with Crippen LogP contribution in [0.15, 0.2) is 66.7 Å².